The van der Waals surface area contributed by atoms with Crippen LogP contribution < -0.4 is 21.5 Å². The van der Waals surface area contributed by atoms with Gasteiger partial charge in [0.05, 0.1) is 0 Å². The van der Waals surface area contributed by atoms with Crippen molar-refractivity contribution in [2.45, 2.75) is 25.1 Å². The fourth-order valence-electron chi connectivity index (χ4n) is 2.26. The van der Waals surface area contributed by atoms with E-state index in [1.54, 1.807) is 0 Å². The number of rotatable bonds is 3. The van der Waals surface area contributed by atoms with Crippen LogP contribution in [0.4, 0.5) is 24.8 Å². The van der Waals surface area contributed by atoms with Crippen molar-refractivity contribution in [2.24, 2.45) is 5.84 Å². The molecule has 1 aliphatic heterocycles. The number of alkyl halides is 3. The van der Waals surface area contributed by atoms with Crippen LogP contribution in [0.1, 0.15) is 18.7 Å². The molecule has 21 heavy (non-hydrogen) atoms. The number of nitrogen functional groups attached to an aromatic ring is 1. The van der Waals surface area contributed by atoms with E-state index in [9.17, 15) is 18.0 Å². The third-order valence-corrected chi connectivity index (χ3v) is 3.21. The van der Waals surface area contributed by atoms with Crippen LogP contribution in [-0.2, 0) is 11.0 Å². The molecule has 0 aromatic carbocycles. The predicted octanol–water partition coefficient (Wildman–Crippen LogP) is 0.496. The van der Waals surface area contributed by atoms with Gasteiger partial charge in [-0.1, -0.05) is 0 Å². The van der Waals surface area contributed by atoms with Gasteiger partial charge < -0.3 is 15.6 Å². The molecule has 0 saturated carbocycles. The molecule has 10 heteroatoms. The number of hydrogen-bond acceptors (Lipinski definition) is 6. The molecular weight excluding hydrogens is 289 g/mol. The van der Waals surface area contributed by atoms with Gasteiger partial charge in [-0.25, -0.2) is 15.8 Å². The average Bonchev–Trinajstić information content (AvgIpc) is 2.94. The van der Waals surface area contributed by atoms with Crippen LogP contribution in [0.3, 0.4) is 0 Å². The van der Waals surface area contributed by atoms with E-state index >= 15 is 0 Å². The maximum atomic E-state index is 12.8. The first-order valence-electron chi connectivity index (χ1n) is 6.28. The zero-order valence-corrected chi connectivity index (χ0v) is 11.2. The molecule has 0 radical (unpaired) electrons. The molecule has 1 saturated heterocycles. The lowest BCUT2D eigenvalue weighted by atomic mass is 10.2. The van der Waals surface area contributed by atoms with E-state index in [1.807, 2.05) is 0 Å². The summed E-state index contributed by atoms with van der Waals surface area (Å²) in [4.78, 5) is 20.1. The van der Waals surface area contributed by atoms with Crippen molar-refractivity contribution in [3.8, 4) is 0 Å². The van der Waals surface area contributed by atoms with E-state index in [-0.39, 0.29) is 17.5 Å². The topological polar surface area (TPSA) is 96.2 Å². The third kappa shape index (κ3) is 3.15. The Morgan fingerprint density at radius 3 is 2.76 bits per heavy atom. The van der Waals surface area contributed by atoms with Gasteiger partial charge >= 0.3 is 6.18 Å². The number of anilines is 2. The number of likely N-dealkylation sites (N-methyl/N-ethyl adjacent to an activating group) is 1. The Labute approximate surface area is 118 Å². The molecule has 116 valence electrons. The molecule has 0 spiro atoms. The lowest BCUT2D eigenvalue weighted by molar-refractivity contribution is -0.144. The molecule has 1 aromatic rings. The zero-order valence-electron chi connectivity index (χ0n) is 11.2. The van der Waals surface area contributed by atoms with Crippen molar-refractivity contribution in [2.75, 3.05) is 23.9 Å². The van der Waals surface area contributed by atoms with Gasteiger partial charge in [0.25, 0.3) is 0 Å². The van der Waals surface area contributed by atoms with Crippen molar-refractivity contribution in [1.82, 2.24) is 15.3 Å². The highest BCUT2D eigenvalue weighted by Crippen LogP contribution is 2.31. The molecule has 1 fully saturated rings. The maximum Gasteiger partial charge on any atom is 0.451 e. The summed E-state index contributed by atoms with van der Waals surface area (Å²) < 4.78 is 38.4. The largest absolute Gasteiger partial charge is 0.451 e. The van der Waals surface area contributed by atoms with Crippen LogP contribution >= 0.6 is 0 Å². The molecule has 1 aliphatic rings. The van der Waals surface area contributed by atoms with Crippen LogP contribution in [0.2, 0.25) is 0 Å². The fraction of sp³-hybridized carbons (Fsp3) is 0.545. The molecular formula is C11H15F3N6O. The Bertz CT molecular complexity index is 535. The summed E-state index contributed by atoms with van der Waals surface area (Å²) in [6, 6.07) is 0.743. The third-order valence-electron chi connectivity index (χ3n) is 3.21. The lowest BCUT2D eigenvalue weighted by Crippen LogP contribution is -2.42. The fourth-order valence-corrected chi connectivity index (χ4v) is 2.26. The highest BCUT2D eigenvalue weighted by molar-refractivity contribution is 5.85. The van der Waals surface area contributed by atoms with Gasteiger partial charge in [-0.2, -0.15) is 13.2 Å². The first-order chi connectivity index (χ1) is 9.86. The van der Waals surface area contributed by atoms with Crippen LogP contribution in [0.5, 0.6) is 0 Å². The Hall–Kier alpha value is -2.10. The molecule has 1 unspecified atom stereocenters. The number of amides is 1. The van der Waals surface area contributed by atoms with Gasteiger partial charge in [-0.3, -0.25) is 4.79 Å². The lowest BCUT2D eigenvalue weighted by Gasteiger charge is -2.25. The summed E-state index contributed by atoms with van der Waals surface area (Å²) in [5, 5.41) is 2.49. The number of halogens is 3. The summed E-state index contributed by atoms with van der Waals surface area (Å²) >= 11 is 0. The van der Waals surface area contributed by atoms with E-state index in [0.29, 0.717) is 19.4 Å². The number of nitrogens with one attached hydrogen (secondary N) is 2. The number of nitrogens with zero attached hydrogens (tertiary/aromatic N) is 3. The smallest absolute Gasteiger partial charge is 0.357 e. The maximum absolute atomic E-state index is 12.8. The van der Waals surface area contributed by atoms with Crippen LogP contribution in [-0.4, -0.2) is 35.5 Å². The normalized spacial score (nSPS) is 18.7. The van der Waals surface area contributed by atoms with E-state index in [0.717, 1.165) is 0 Å². The van der Waals surface area contributed by atoms with Crippen molar-refractivity contribution in [1.29, 1.82) is 0 Å². The Morgan fingerprint density at radius 1 is 1.48 bits per heavy atom. The quantitative estimate of drug-likeness (QED) is 0.556. The number of nitrogens with two attached hydrogens (primary N) is 1. The average molecular weight is 304 g/mol. The van der Waals surface area contributed by atoms with E-state index in [1.165, 1.54) is 18.0 Å². The number of hydrazine groups is 1. The summed E-state index contributed by atoms with van der Waals surface area (Å²) in [5.74, 6) is 3.45. The van der Waals surface area contributed by atoms with Gasteiger partial charge in [0, 0.05) is 19.7 Å². The molecule has 1 aromatic heterocycles. The summed E-state index contributed by atoms with van der Waals surface area (Å²) in [6.07, 6.45) is -3.45. The second-order valence-electron chi connectivity index (χ2n) is 4.54. The van der Waals surface area contributed by atoms with Crippen molar-refractivity contribution >= 4 is 17.5 Å². The molecule has 7 nitrogen and oxygen atoms in total. The van der Waals surface area contributed by atoms with Crippen molar-refractivity contribution < 1.29 is 18.0 Å². The highest BCUT2D eigenvalue weighted by atomic mass is 19.4. The first kappa shape index (κ1) is 15.3. The molecule has 1 amide bonds. The van der Waals surface area contributed by atoms with E-state index in [4.69, 9.17) is 5.84 Å². The van der Waals surface area contributed by atoms with Gasteiger partial charge in [-0.15, -0.1) is 0 Å². The predicted molar refractivity (Wildman–Crippen MR) is 69.3 cm³/mol. The SMILES string of the molecule is CNC(=O)C1CCCN1c1cc(NN)nc(C(F)(F)F)n1. The number of aromatic nitrogens is 2. The first-order valence-corrected chi connectivity index (χ1v) is 6.28. The second-order valence-corrected chi connectivity index (χ2v) is 4.54. The van der Waals surface area contributed by atoms with Crippen molar-refractivity contribution in [3.63, 3.8) is 0 Å². The minimum Gasteiger partial charge on any atom is -0.357 e. The number of hydrogen-bond donors (Lipinski definition) is 3. The van der Waals surface area contributed by atoms with Gasteiger partial charge in [-0.05, 0) is 12.8 Å². The zero-order chi connectivity index (χ0) is 15.6. The summed E-state index contributed by atoms with van der Waals surface area (Å²) in [6.45, 7) is 0.441. The van der Waals surface area contributed by atoms with Gasteiger partial charge in [0.2, 0.25) is 11.7 Å². The van der Waals surface area contributed by atoms with Crippen LogP contribution in [0, 0.1) is 0 Å². The van der Waals surface area contributed by atoms with Crippen LogP contribution in [0.15, 0.2) is 6.07 Å². The highest BCUT2D eigenvalue weighted by Gasteiger charge is 2.37. The number of carbonyl (C=O) groups excluding carboxylic acids is 1. The summed E-state index contributed by atoms with van der Waals surface area (Å²) in [7, 11) is 1.48. The van der Waals surface area contributed by atoms with E-state index in [2.05, 4.69) is 20.7 Å². The van der Waals surface area contributed by atoms with Gasteiger partial charge in [0.15, 0.2) is 0 Å². The molecule has 0 aliphatic carbocycles. The molecule has 4 N–H and O–H groups in total. The molecule has 1 atom stereocenters. The minimum atomic E-state index is -4.69. The molecule has 2 heterocycles. The monoisotopic (exact) mass is 304 g/mol. The summed E-state index contributed by atoms with van der Waals surface area (Å²) in [5.41, 5.74) is 2.08. The Balaban J connectivity index is 2.40. The molecule has 2 rings (SSSR count). The van der Waals surface area contributed by atoms with Crippen LogP contribution in [0.25, 0.3) is 0 Å². The van der Waals surface area contributed by atoms with E-state index < -0.39 is 18.0 Å². The Kier molecular flexibility index (Phi) is 4.16. The van der Waals surface area contributed by atoms with Crippen molar-refractivity contribution in [3.05, 3.63) is 11.9 Å². The standard InChI is InChI=1S/C11H15F3N6O/c1-16-9(21)6-3-2-4-20(6)8-5-7(19-15)17-10(18-8)11(12,13)14/h5-6H,2-4,15H2,1H3,(H,16,21)(H,17,18,19). The van der Waals surface area contributed by atoms with Gasteiger partial charge in [0.1, 0.15) is 17.7 Å². The molecule has 0 bridgehead atoms. The Morgan fingerprint density at radius 2 is 2.19 bits per heavy atom. The number of carbonyl (C=O) groups is 1. The minimum absolute atomic E-state index is 0.0244. The second kappa shape index (κ2) is 5.72.